The summed E-state index contributed by atoms with van der Waals surface area (Å²) in [5.41, 5.74) is -0.334. The van der Waals surface area contributed by atoms with E-state index in [1.54, 1.807) is 11.8 Å². The van der Waals surface area contributed by atoms with Crippen molar-refractivity contribution in [2.45, 2.75) is 55.5 Å². The number of thioether (sulfide) groups is 1. The van der Waals surface area contributed by atoms with Crippen LogP contribution in [-0.4, -0.2) is 32.5 Å². The molecule has 0 aliphatic heterocycles. The maximum Gasteiger partial charge on any atom is 0.208 e. The predicted octanol–water partition coefficient (Wildman–Crippen LogP) is 2.02. The second kappa shape index (κ2) is 5.72. The lowest BCUT2D eigenvalue weighted by atomic mass is 10.00. The van der Waals surface area contributed by atoms with Gasteiger partial charge in [0.25, 0.3) is 0 Å². The highest BCUT2D eigenvalue weighted by atomic mass is 32.2. The van der Waals surface area contributed by atoms with E-state index in [1.807, 2.05) is 6.92 Å². The topological polar surface area (TPSA) is 77.4 Å². The normalized spacial score (nSPS) is 27.3. The van der Waals surface area contributed by atoms with Gasteiger partial charge in [-0.15, -0.1) is 5.10 Å². The number of nitrogens with one attached hydrogen (secondary N) is 2. The molecule has 1 fully saturated rings. The summed E-state index contributed by atoms with van der Waals surface area (Å²) < 4.78 is 0. The van der Waals surface area contributed by atoms with Crippen LogP contribution in [0.5, 0.6) is 0 Å². The zero-order valence-corrected chi connectivity index (χ0v) is 11.7. The Labute approximate surface area is 112 Å². The number of hydrogen-bond acceptors (Lipinski definition) is 5. The smallest absolute Gasteiger partial charge is 0.208 e. The molecule has 0 radical (unpaired) electrons. The first-order valence-electron chi connectivity index (χ1n) is 6.39. The van der Waals surface area contributed by atoms with E-state index in [1.165, 1.54) is 0 Å². The summed E-state index contributed by atoms with van der Waals surface area (Å²) in [5.74, 6) is 0.839. The number of hydrogen-bond donors (Lipinski definition) is 2. The lowest BCUT2D eigenvalue weighted by Crippen LogP contribution is -2.42. The van der Waals surface area contributed by atoms with Gasteiger partial charge in [0.05, 0.1) is 6.07 Å². The Kier molecular flexibility index (Phi) is 4.25. The monoisotopic (exact) mass is 265 g/mol. The van der Waals surface area contributed by atoms with Crippen molar-refractivity contribution >= 4 is 11.8 Å². The van der Waals surface area contributed by atoms with Crippen molar-refractivity contribution in [2.24, 2.45) is 0 Å². The van der Waals surface area contributed by atoms with Crippen molar-refractivity contribution in [3.05, 3.63) is 5.82 Å². The van der Waals surface area contributed by atoms with Crippen LogP contribution in [0.25, 0.3) is 0 Å². The fraction of sp³-hybridized carbons (Fsp3) is 0.750. The minimum absolute atomic E-state index is 0.334. The molecule has 6 heteroatoms. The van der Waals surface area contributed by atoms with E-state index in [0.29, 0.717) is 5.25 Å². The summed E-state index contributed by atoms with van der Waals surface area (Å²) in [6.45, 7) is 4.93. The molecule has 2 unspecified atom stereocenters. The van der Waals surface area contributed by atoms with E-state index in [0.717, 1.165) is 43.2 Å². The van der Waals surface area contributed by atoms with Crippen molar-refractivity contribution in [1.29, 1.82) is 5.26 Å². The molecule has 0 aromatic carbocycles. The summed E-state index contributed by atoms with van der Waals surface area (Å²) in [6.07, 6.45) is 3.90. The zero-order valence-electron chi connectivity index (χ0n) is 10.9. The minimum atomic E-state index is -0.334. The average Bonchev–Trinajstić information content (AvgIpc) is 2.95. The van der Waals surface area contributed by atoms with Gasteiger partial charge < -0.3 is 0 Å². The van der Waals surface area contributed by atoms with Crippen LogP contribution in [0.4, 0.5) is 0 Å². The number of nitriles is 1. The van der Waals surface area contributed by atoms with Gasteiger partial charge in [0.1, 0.15) is 11.4 Å². The van der Waals surface area contributed by atoms with Crippen LogP contribution in [0.15, 0.2) is 5.16 Å². The molecular formula is C12H19N5S. The molecule has 1 saturated carbocycles. The molecule has 2 rings (SSSR count). The van der Waals surface area contributed by atoms with Crippen LogP contribution < -0.4 is 5.32 Å². The van der Waals surface area contributed by atoms with Gasteiger partial charge in [0, 0.05) is 5.25 Å². The zero-order chi connectivity index (χ0) is 13.0. The molecule has 1 aliphatic rings. The molecule has 18 heavy (non-hydrogen) atoms. The van der Waals surface area contributed by atoms with E-state index in [-0.39, 0.29) is 5.54 Å². The quantitative estimate of drug-likeness (QED) is 0.851. The molecule has 0 saturated heterocycles. The van der Waals surface area contributed by atoms with Crippen LogP contribution >= 0.6 is 11.8 Å². The second-order valence-electron chi connectivity index (χ2n) is 4.81. The van der Waals surface area contributed by atoms with Crippen LogP contribution in [0, 0.1) is 18.3 Å². The third-order valence-corrected chi connectivity index (χ3v) is 4.37. The van der Waals surface area contributed by atoms with Gasteiger partial charge in [-0.25, -0.2) is 4.98 Å². The van der Waals surface area contributed by atoms with E-state index in [2.05, 4.69) is 33.5 Å². The molecule has 0 amide bonds. The highest BCUT2D eigenvalue weighted by Crippen LogP contribution is 2.38. The van der Waals surface area contributed by atoms with Crippen molar-refractivity contribution in [3.63, 3.8) is 0 Å². The predicted molar refractivity (Wildman–Crippen MR) is 71.3 cm³/mol. The van der Waals surface area contributed by atoms with Crippen molar-refractivity contribution in [2.75, 3.05) is 6.54 Å². The lowest BCUT2D eigenvalue weighted by Gasteiger charge is -2.22. The van der Waals surface area contributed by atoms with Crippen LogP contribution in [-0.2, 0) is 0 Å². The van der Waals surface area contributed by atoms with Gasteiger partial charge in [-0.05, 0) is 39.2 Å². The first-order chi connectivity index (χ1) is 8.67. The van der Waals surface area contributed by atoms with Gasteiger partial charge >= 0.3 is 0 Å². The molecule has 1 aromatic rings. The molecule has 1 aliphatic carbocycles. The molecule has 1 aromatic heterocycles. The Morgan fingerprint density at radius 3 is 3.11 bits per heavy atom. The molecule has 0 spiro atoms. The van der Waals surface area contributed by atoms with Gasteiger partial charge in [0.2, 0.25) is 5.16 Å². The molecule has 0 bridgehead atoms. The van der Waals surface area contributed by atoms with E-state index < -0.39 is 0 Å². The summed E-state index contributed by atoms with van der Waals surface area (Å²) in [7, 11) is 0. The third kappa shape index (κ3) is 3.03. The molecule has 98 valence electrons. The number of aromatic amines is 1. The number of H-pyrrole nitrogens is 1. The summed E-state index contributed by atoms with van der Waals surface area (Å²) in [4.78, 5) is 4.30. The van der Waals surface area contributed by atoms with Crippen molar-refractivity contribution in [3.8, 4) is 6.07 Å². The average molecular weight is 265 g/mol. The first kappa shape index (κ1) is 13.4. The van der Waals surface area contributed by atoms with Crippen molar-refractivity contribution < 1.29 is 0 Å². The Morgan fingerprint density at radius 1 is 1.67 bits per heavy atom. The van der Waals surface area contributed by atoms with Gasteiger partial charge in [-0.2, -0.15) is 5.26 Å². The van der Waals surface area contributed by atoms with Crippen molar-refractivity contribution in [1.82, 2.24) is 20.5 Å². The van der Waals surface area contributed by atoms with Crippen LogP contribution in [0.1, 0.15) is 38.4 Å². The first-order valence-corrected chi connectivity index (χ1v) is 7.27. The SMILES string of the molecule is CCCNC1(C#N)CCC(Sc2n[nH]c(C)n2)C1. The van der Waals surface area contributed by atoms with E-state index >= 15 is 0 Å². The number of aryl methyl sites for hydroxylation is 1. The van der Waals surface area contributed by atoms with Gasteiger partial charge in [-0.1, -0.05) is 18.7 Å². The largest absolute Gasteiger partial charge is 0.299 e. The second-order valence-corrected chi connectivity index (χ2v) is 6.07. The molecule has 2 atom stereocenters. The Bertz CT molecular complexity index is 438. The summed E-state index contributed by atoms with van der Waals surface area (Å²) in [5, 5.41) is 21.0. The van der Waals surface area contributed by atoms with Crippen LogP contribution in [0.3, 0.4) is 0 Å². The highest BCUT2D eigenvalue weighted by Gasteiger charge is 2.39. The number of rotatable bonds is 5. The number of aromatic nitrogens is 3. The molecular weight excluding hydrogens is 246 g/mol. The lowest BCUT2D eigenvalue weighted by molar-refractivity contribution is 0.424. The summed E-state index contributed by atoms with van der Waals surface area (Å²) >= 11 is 1.68. The fourth-order valence-electron chi connectivity index (χ4n) is 2.29. The van der Waals surface area contributed by atoms with Gasteiger partial charge in [-0.3, -0.25) is 10.4 Å². The molecule has 1 heterocycles. The standard InChI is InChI=1S/C12H19N5S/c1-3-6-14-12(8-13)5-4-10(7-12)18-11-15-9(2)16-17-11/h10,14H,3-7H2,1-2H3,(H,15,16,17). The molecule has 2 N–H and O–H groups in total. The Balaban J connectivity index is 1.92. The summed E-state index contributed by atoms with van der Waals surface area (Å²) in [6, 6.07) is 2.46. The number of nitrogens with zero attached hydrogens (tertiary/aromatic N) is 3. The Hall–Kier alpha value is -1.06. The van der Waals surface area contributed by atoms with Gasteiger partial charge in [0.15, 0.2) is 0 Å². The third-order valence-electron chi connectivity index (χ3n) is 3.25. The highest BCUT2D eigenvalue weighted by molar-refractivity contribution is 7.99. The Morgan fingerprint density at radius 2 is 2.50 bits per heavy atom. The van der Waals surface area contributed by atoms with E-state index in [4.69, 9.17) is 0 Å². The van der Waals surface area contributed by atoms with Crippen LogP contribution in [0.2, 0.25) is 0 Å². The maximum atomic E-state index is 9.37. The minimum Gasteiger partial charge on any atom is -0.299 e. The maximum absolute atomic E-state index is 9.37. The fourth-order valence-corrected chi connectivity index (χ4v) is 3.48. The van der Waals surface area contributed by atoms with E-state index in [9.17, 15) is 5.26 Å². The molecule has 5 nitrogen and oxygen atoms in total.